The van der Waals surface area contributed by atoms with Gasteiger partial charge >= 0.3 is 0 Å². The molecule has 66 valence electrons. The number of benzene rings is 1. The van der Waals surface area contributed by atoms with Gasteiger partial charge in [-0.25, -0.2) is 4.39 Å². The average Bonchev–Trinajstić information content (AvgIpc) is 1.99. The Kier molecular flexibility index (Phi) is 3.23. The summed E-state index contributed by atoms with van der Waals surface area (Å²) in [5.74, 6) is -0.138. The molecule has 0 aromatic heterocycles. The molecule has 0 bridgehead atoms. The van der Waals surface area contributed by atoms with Crippen LogP contribution in [0, 0.1) is 12.7 Å². The van der Waals surface area contributed by atoms with Gasteiger partial charge in [-0.05, 0) is 50.2 Å². The maximum Gasteiger partial charge on any atom is 0.123 e. The van der Waals surface area contributed by atoms with Crippen LogP contribution in [0.1, 0.15) is 11.1 Å². The number of nitrogens with one attached hydrogen (secondary N) is 1. The Labute approximate surface area is 72.6 Å². The zero-order chi connectivity index (χ0) is 8.97. The molecule has 0 amide bonds. The summed E-state index contributed by atoms with van der Waals surface area (Å²) >= 11 is 0. The van der Waals surface area contributed by atoms with Crippen LogP contribution in [-0.4, -0.2) is 13.6 Å². The zero-order valence-corrected chi connectivity index (χ0v) is 7.52. The van der Waals surface area contributed by atoms with Crippen LogP contribution < -0.4 is 5.32 Å². The summed E-state index contributed by atoms with van der Waals surface area (Å²) in [6.07, 6.45) is 0.884. The molecule has 0 heterocycles. The molecule has 0 atom stereocenters. The van der Waals surface area contributed by atoms with Crippen molar-refractivity contribution in [1.29, 1.82) is 0 Å². The first-order valence-electron chi connectivity index (χ1n) is 4.13. The Morgan fingerprint density at radius 2 is 2.08 bits per heavy atom. The number of aryl methyl sites for hydroxylation is 1. The fourth-order valence-electron chi connectivity index (χ4n) is 1.23. The highest BCUT2D eigenvalue weighted by Gasteiger charge is 1.96. The van der Waals surface area contributed by atoms with Crippen LogP contribution in [0.4, 0.5) is 4.39 Å². The lowest BCUT2D eigenvalue weighted by molar-refractivity contribution is 0.623. The fraction of sp³-hybridized carbons (Fsp3) is 0.400. The highest BCUT2D eigenvalue weighted by Crippen LogP contribution is 2.08. The third-order valence-corrected chi connectivity index (χ3v) is 1.77. The van der Waals surface area contributed by atoms with E-state index in [9.17, 15) is 4.39 Å². The first kappa shape index (κ1) is 9.20. The van der Waals surface area contributed by atoms with Crippen molar-refractivity contribution in [2.24, 2.45) is 0 Å². The molecule has 1 nitrogen and oxygen atoms in total. The van der Waals surface area contributed by atoms with Gasteiger partial charge in [0.15, 0.2) is 0 Å². The van der Waals surface area contributed by atoms with E-state index >= 15 is 0 Å². The summed E-state index contributed by atoms with van der Waals surface area (Å²) in [6.45, 7) is 2.80. The first-order chi connectivity index (χ1) is 5.72. The largest absolute Gasteiger partial charge is 0.319 e. The van der Waals surface area contributed by atoms with Gasteiger partial charge in [-0.2, -0.15) is 0 Å². The molecular weight excluding hydrogens is 153 g/mol. The van der Waals surface area contributed by atoms with Crippen molar-refractivity contribution in [3.05, 3.63) is 35.1 Å². The van der Waals surface area contributed by atoms with Gasteiger partial charge < -0.3 is 5.32 Å². The lowest BCUT2D eigenvalue weighted by atomic mass is 10.1. The third-order valence-electron chi connectivity index (χ3n) is 1.77. The summed E-state index contributed by atoms with van der Waals surface area (Å²) in [6, 6.07) is 5.15. The quantitative estimate of drug-likeness (QED) is 0.725. The highest BCUT2D eigenvalue weighted by atomic mass is 19.1. The standard InChI is InChI=1S/C10H14FN/c1-8-5-9(3-4-12-2)7-10(11)6-8/h5-7,12H,3-4H2,1-2H3. The minimum atomic E-state index is -0.138. The molecule has 1 N–H and O–H groups in total. The molecule has 1 aromatic rings. The van der Waals surface area contributed by atoms with Gasteiger partial charge in [0.25, 0.3) is 0 Å². The third kappa shape index (κ3) is 2.62. The van der Waals surface area contributed by atoms with Crippen molar-refractivity contribution in [2.45, 2.75) is 13.3 Å². The molecule has 0 radical (unpaired) electrons. The van der Waals surface area contributed by atoms with Crippen LogP contribution in [0.5, 0.6) is 0 Å². The molecule has 1 rings (SSSR count). The number of likely N-dealkylation sites (N-methyl/N-ethyl adjacent to an activating group) is 1. The van der Waals surface area contributed by atoms with Crippen LogP contribution >= 0.6 is 0 Å². The maximum absolute atomic E-state index is 12.8. The lowest BCUT2D eigenvalue weighted by Gasteiger charge is -2.02. The lowest BCUT2D eigenvalue weighted by Crippen LogP contribution is -2.10. The smallest absolute Gasteiger partial charge is 0.123 e. The second kappa shape index (κ2) is 4.21. The van der Waals surface area contributed by atoms with Gasteiger partial charge in [0.2, 0.25) is 0 Å². The molecule has 1 aromatic carbocycles. The topological polar surface area (TPSA) is 12.0 Å². The predicted molar refractivity (Wildman–Crippen MR) is 48.8 cm³/mol. The van der Waals surface area contributed by atoms with E-state index in [2.05, 4.69) is 5.32 Å². The number of hydrogen-bond donors (Lipinski definition) is 1. The molecule has 0 aliphatic rings. The van der Waals surface area contributed by atoms with Crippen LogP contribution in [0.2, 0.25) is 0 Å². The van der Waals surface area contributed by atoms with Crippen molar-refractivity contribution < 1.29 is 4.39 Å². The molecular formula is C10H14FN. The van der Waals surface area contributed by atoms with Gasteiger partial charge in [-0.3, -0.25) is 0 Å². The summed E-state index contributed by atoms with van der Waals surface area (Å²) in [5, 5.41) is 3.03. The molecule has 0 unspecified atom stereocenters. The Bertz CT molecular complexity index is 238. The fourth-order valence-corrected chi connectivity index (χ4v) is 1.23. The van der Waals surface area contributed by atoms with E-state index in [1.165, 1.54) is 0 Å². The Morgan fingerprint density at radius 1 is 1.33 bits per heavy atom. The van der Waals surface area contributed by atoms with E-state index < -0.39 is 0 Å². The maximum atomic E-state index is 12.8. The van der Waals surface area contributed by atoms with Crippen LogP contribution in [-0.2, 0) is 6.42 Å². The Balaban J connectivity index is 2.72. The van der Waals surface area contributed by atoms with Crippen LogP contribution in [0.25, 0.3) is 0 Å². The van der Waals surface area contributed by atoms with Crippen molar-refractivity contribution >= 4 is 0 Å². The number of hydrogen-bond acceptors (Lipinski definition) is 1. The van der Waals surface area contributed by atoms with E-state index in [0.717, 1.165) is 24.1 Å². The van der Waals surface area contributed by atoms with Gasteiger partial charge in [-0.1, -0.05) is 6.07 Å². The van der Waals surface area contributed by atoms with Crippen molar-refractivity contribution in [2.75, 3.05) is 13.6 Å². The van der Waals surface area contributed by atoms with Crippen molar-refractivity contribution in [3.63, 3.8) is 0 Å². The van der Waals surface area contributed by atoms with E-state index in [4.69, 9.17) is 0 Å². The molecule has 0 saturated carbocycles. The SMILES string of the molecule is CNCCc1cc(C)cc(F)c1. The molecule has 0 fully saturated rings. The van der Waals surface area contributed by atoms with E-state index in [1.807, 2.05) is 20.0 Å². The zero-order valence-electron chi connectivity index (χ0n) is 7.52. The number of rotatable bonds is 3. The molecule has 0 saturated heterocycles. The van der Waals surface area contributed by atoms with Gasteiger partial charge in [0, 0.05) is 0 Å². The van der Waals surface area contributed by atoms with Gasteiger partial charge in [0.05, 0.1) is 0 Å². The minimum Gasteiger partial charge on any atom is -0.319 e. The summed E-state index contributed by atoms with van der Waals surface area (Å²) < 4.78 is 12.8. The monoisotopic (exact) mass is 167 g/mol. The molecule has 2 heteroatoms. The van der Waals surface area contributed by atoms with E-state index in [1.54, 1.807) is 12.1 Å². The first-order valence-corrected chi connectivity index (χ1v) is 4.13. The molecule has 0 aliphatic heterocycles. The van der Waals surface area contributed by atoms with Gasteiger partial charge in [-0.15, -0.1) is 0 Å². The molecule has 0 spiro atoms. The normalized spacial score (nSPS) is 10.2. The van der Waals surface area contributed by atoms with Gasteiger partial charge in [0.1, 0.15) is 5.82 Å². The molecule has 12 heavy (non-hydrogen) atoms. The van der Waals surface area contributed by atoms with E-state index in [0.29, 0.717) is 0 Å². The predicted octanol–water partition coefficient (Wildman–Crippen LogP) is 1.90. The Morgan fingerprint density at radius 3 is 2.67 bits per heavy atom. The summed E-state index contributed by atoms with van der Waals surface area (Å²) in [7, 11) is 1.89. The van der Waals surface area contributed by atoms with Crippen molar-refractivity contribution in [3.8, 4) is 0 Å². The summed E-state index contributed by atoms with van der Waals surface area (Å²) in [5.41, 5.74) is 2.04. The average molecular weight is 167 g/mol. The molecule has 0 aliphatic carbocycles. The van der Waals surface area contributed by atoms with Crippen LogP contribution in [0.3, 0.4) is 0 Å². The minimum absolute atomic E-state index is 0.138. The number of halogens is 1. The second-order valence-corrected chi connectivity index (χ2v) is 2.99. The Hall–Kier alpha value is -0.890. The highest BCUT2D eigenvalue weighted by molar-refractivity contribution is 5.23. The van der Waals surface area contributed by atoms with Crippen molar-refractivity contribution in [1.82, 2.24) is 5.32 Å². The van der Waals surface area contributed by atoms with Crippen LogP contribution in [0.15, 0.2) is 18.2 Å². The van der Waals surface area contributed by atoms with E-state index in [-0.39, 0.29) is 5.82 Å². The summed E-state index contributed by atoms with van der Waals surface area (Å²) in [4.78, 5) is 0. The second-order valence-electron chi connectivity index (χ2n) is 2.99.